The molecule has 0 saturated heterocycles. The molecule has 0 spiro atoms. The summed E-state index contributed by atoms with van der Waals surface area (Å²) in [4.78, 5) is 23.8. The van der Waals surface area contributed by atoms with Gasteiger partial charge in [-0.05, 0) is 57.0 Å². The van der Waals surface area contributed by atoms with Crippen LogP contribution in [0.25, 0.3) is 0 Å². The topological polar surface area (TPSA) is 76.7 Å². The molecule has 0 unspecified atom stereocenters. The number of methoxy groups -OCH3 is 1. The first-order valence-electron chi connectivity index (χ1n) is 7.25. The third-order valence-electron chi connectivity index (χ3n) is 3.33. The Morgan fingerprint density at radius 3 is 2.59 bits per heavy atom. The number of benzene rings is 1. The van der Waals surface area contributed by atoms with Crippen LogP contribution in [0.4, 0.5) is 10.5 Å². The molecule has 6 heteroatoms. The molecule has 0 aliphatic carbocycles. The molecule has 120 valence electrons. The lowest BCUT2D eigenvalue weighted by Crippen LogP contribution is -2.30. The molecule has 1 aliphatic rings. The third kappa shape index (κ3) is 3.76. The van der Waals surface area contributed by atoms with E-state index in [9.17, 15) is 9.59 Å². The van der Waals surface area contributed by atoms with Gasteiger partial charge in [0.25, 0.3) is 0 Å². The van der Waals surface area contributed by atoms with E-state index < -0.39 is 11.7 Å². The number of fused-ring (bicyclic) bond motifs is 1. The van der Waals surface area contributed by atoms with Crippen LogP contribution in [0.15, 0.2) is 12.1 Å². The Bertz CT molecular complexity index is 591. The predicted octanol–water partition coefficient (Wildman–Crippen LogP) is 2.47. The summed E-state index contributed by atoms with van der Waals surface area (Å²) in [5.74, 6) is -0.372. The van der Waals surface area contributed by atoms with E-state index in [1.807, 2.05) is 20.8 Å². The summed E-state index contributed by atoms with van der Waals surface area (Å²) in [6.07, 6.45) is 0.227. The number of ether oxygens (including phenoxy) is 2. The Morgan fingerprint density at radius 1 is 1.23 bits per heavy atom. The van der Waals surface area contributed by atoms with Crippen molar-refractivity contribution in [3.05, 3.63) is 28.8 Å². The number of carbonyl (C=O) groups excluding carboxylic acids is 2. The Labute approximate surface area is 130 Å². The van der Waals surface area contributed by atoms with Crippen molar-refractivity contribution >= 4 is 17.7 Å². The van der Waals surface area contributed by atoms with Gasteiger partial charge in [0.2, 0.25) is 0 Å². The van der Waals surface area contributed by atoms with Gasteiger partial charge in [0.1, 0.15) is 5.60 Å². The average Bonchev–Trinajstić information content (AvgIpc) is 2.45. The smallest absolute Gasteiger partial charge is 0.412 e. The molecule has 0 saturated carbocycles. The number of hydrogen-bond acceptors (Lipinski definition) is 5. The standard InChI is InChI=1S/C16H22N2O4/c1-16(2,3)22-15(20)18-13-6-5-11(14(19)21-4)12-9-17-8-7-10(12)13/h5-6,17H,7-9H2,1-4H3,(H,18,20). The van der Waals surface area contributed by atoms with E-state index in [0.29, 0.717) is 17.8 Å². The summed E-state index contributed by atoms with van der Waals surface area (Å²) in [5, 5.41) is 6.00. The normalized spacial score (nSPS) is 14.0. The zero-order chi connectivity index (χ0) is 16.3. The van der Waals surface area contributed by atoms with Gasteiger partial charge in [-0.2, -0.15) is 0 Å². The number of carbonyl (C=O) groups is 2. The van der Waals surface area contributed by atoms with Crippen molar-refractivity contribution in [3.8, 4) is 0 Å². The molecule has 2 N–H and O–H groups in total. The fourth-order valence-corrected chi connectivity index (χ4v) is 2.44. The van der Waals surface area contributed by atoms with E-state index in [-0.39, 0.29) is 5.97 Å². The molecule has 2 rings (SSSR count). The van der Waals surface area contributed by atoms with E-state index in [1.54, 1.807) is 12.1 Å². The number of esters is 1. The Balaban J connectivity index is 2.30. The molecular formula is C16H22N2O4. The number of hydrogen-bond donors (Lipinski definition) is 2. The summed E-state index contributed by atoms with van der Waals surface area (Å²) >= 11 is 0. The van der Waals surface area contributed by atoms with Crippen LogP contribution < -0.4 is 10.6 Å². The monoisotopic (exact) mass is 306 g/mol. The molecule has 0 bridgehead atoms. The molecule has 0 atom stereocenters. The second kappa shape index (κ2) is 6.36. The van der Waals surface area contributed by atoms with Gasteiger partial charge in [-0.1, -0.05) is 0 Å². The molecule has 1 heterocycles. The van der Waals surface area contributed by atoms with Gasteiger partial charge in [0.05, 0.1) is 12.7 Å². The van der Waals surface area contributed by atoms with Crippen LogP contribution in [0.1, 0.15) is 42.3 Å². The van der Waals surface area contributed by atoms with Gasteiger partial charge in [-0.25, -0.2) is 9.59 Å². The van der Waals surface area contributed by atoms with E-state index in [4.69, 9.17) is 9.47 Å². The highest BCUT2D eigenvalue weighted by Crippen LogP contribution is 2.27. The van der Waals surface area contributed by atoms with E-state index in [0.717, 1.165) is 24.1 Å². The van der Waals surface area contributed by atoms with Crippen LogP contribution in [-0.4, -0.2) is 31.3 Å². The maximum atomic E-state index is 11.9. The molecule has 0 radical (unpaired) electrons. The lowest BCUT2D eigenvalue weighted by atomic mass is 9.94. The van der Waals surface area contributed by atoms with Crippen LogP contribution >= 0.6 is 0 Å². The van der Waals surface area contributed by atoms with Crippen molar-refractivity contribution in [1.29, 1.82) is 0 Å². The summed E-state index contributed by atoms with van der Waals surface area (Å²) in [5.41, 5.74) is 2.47. The maximum Gasteiger partial charge on any atom is 0.412 e. The second-order valence-corrected chi connectivity index (χ2v) is 6.16. The molecule has 22 heavy (non-hydrogen) atoms. The number of anilines is 1. The first kappa shape index (κ1) is 16.3. The Morgan fingerprint density at radius 2 is 1.95 bits per heavy atom. The molecule has 0 fully saturated rings. The quantitative estimate of drug-likeness (QED) is 0.821. The average molecular weight is 306 g/mol. The predicted molar refractivity (Wildman–Crippen MR) is 83.0 cm³/mol. The molecule has 1 amide bonds. The second-order valence-electron chi connectivity index (χ2n) is 6.16. The summed E-state index contributed by atoms with van der Waals surface area (Å²) in [7, 11) is 1.36. The Kier molecular flexibility index (Phi) is 4.71. The van der Waals surface area contributed by atoms with Crippen LogP contribution in [0.5, 0.6) is 0 Å². The van der Waals surface area contributed by atoms with E-state index in [2.05, 4.69) is 10.6 Å². The molecular weight excluding hydrogens is 284 g/mol. The highest BCUT2D eigenvalue weighted by atomic mass is 16.6. The van der Waals surface area contributed by atoms with Crippen LogP contribution in [0.2, 0.25) is 0 Å². The summed E-state index contributed by atoms with van der Waals surface area (Å²) in [6, 6.07) is 3.39. The highest BCUT2D eigenvalue weighted by molar-refractivity contribution is 5.94. The number of amides is 1. The van der Waals surface area contributed by atoms with Gasteiger partial charge in [0.15, 0.2) is 0 Å². The fraction of sp³-hybridized carbons (Fsp3) is 0.500. The van der Waals surface area contributed by atoms with Gasteiger partial charge in [-0.3, -0.25) is 5.32 Å². The van der Waals surface area contributed by atoms with Crippen molar-refractivity contribution < 1.29 is 19.1 Å². The summed E-state index contributed by atoms with van der Waals surface area (Å²) < 4.78 is 10.1. The van der Waals surface area contributed by atoms with Crippen molar-refractivity contribution in [2.24, 2.45) is 0 Å². The summed E-state index contributed by atoms with van der Waals surface area (Å²) in [6.45, 7) is 6.80. The molecule has 0 aromatic heterocycles. The zero-order valence-electron chi connectivity index (χ0n) is 13.4. The van der Waals surface area contributed by atoms with Crippen molar-refractivity contribution in [3.63, 3.8) is 0 Å². The van der Waals surface area contributed by atoms with Crippen molar-refractivity contribution in [2.75, 3.05) is 19.0 Å². The minimum absolute atomic E-state index is 0.372. The van der Waals surface area contributed by atoms with Gasteiger partial charge >= 0.3 is 12.1 Å². The SMILES string of the molecule is COC(=O)c1ccc(NC(=O)OC(C)(C)C)c2c1CNCC2. The van der Waals surface area contributed by atoms with E-state index in [1.165, 1.54) is 7.11 Å². The first-order valence-corrected chi connectivity index (χ1v) is 7.25. The Hall–Kier alpha value is -2.08. The van der Waals surface area contributed by atoms with E-state index >= 15 is 0 Å². The van der Waals surface area contributed by atoms with Crippen LogP contribution in [-0.2, 0) is 22.4 Å². The maximum absolute atomic E-state index is 11.9. The third-order valence-corrected chi connectivity index (χ3v) is 3.33. The van der Waals surface area contributed by atoms with Gasteiger partial charge in [-0.15, -0.1) is 0 Å². The van der Waals surface area contributed by atoms with Gasteiger partial charge in [0, 0.05) is 12.2 Å². The minimum Gasteiger partial charge on any atom is -0.465 e. The number of rotatable bonds is 2. The van der Waals surface area contributed by atoms with Crippen LogP contribution in [0, 0.1) is 0 Å². The molecule has 1 aliphatic heterocycles. The highest BCUT2D eigenvalue weighted by Gasteiger charge is 2.23. The number of nitrogens with one attached hydrogen (secondary N) is 2. The van der Waals surface area contributed by atoms with Crippen molar-refractivity contribution in [2.45, 2.75) is 39.3 Å². The van der Waals surface area contributed by atoms with Crippen LogP contribution in [0.3, 0.4) is 0 Å². The molecule has 6 nitrogen and oxygen atoms in total. The molecule has 1 aromatic rings. The molecule has 1 aromatic carbocycles. The largest absolute Gasteiger partial charge is 0.465 e. The lowest BCUT2D eigenvalue weighted by Gasteiger charge is -2.24. The fourth-order valence-electron chi connectivity index (χ4n) is 2.44. The minimum atomic E-state index is -0.558. The first-order chi connectivity index (χ1) is 10.3. The zero-order valence-corrected chi connectivity index (χ0v) is 13.4. The lowest BCUT2D eigenvalue weighted by molar-refractivity contribution is 0.0597. The van der Waals surface area contributed by atoms with Crippen molar-refractivity contribution in [1.82, 2.24) is 5.32 Å². The van der Waals surface area contributed by atoms with Gasteiger partial charge < -0.3 is 14.8 Å².